The number of hydrogen-bond acceptors (Lipinski definition) is 8. The number of likely N-dealkylation sites (tertiary alicyclic amines) is 1. The maximum absolute atomic E-state index is 14.0. The Kier molecular flexibility index (Phi) is 8.34. The second-order valence-electron chi connectivity index (χ2n) is 14.2. The molecule has 2 aromatic carbocycles. The highest BCUT2D eigenvalue weighted by Crippen LogP contribution is 2.43. The molecule has 1 atom stereocenters. The summed E-state index contributed by atoms with van der Waals surface area (Å²) >= 11 is 0. The van der Waals surface area contributed by atoms with E-state index in [1.807, 2.05) is 67.1 Å². The number of aryl methyl sites for hydroxylation is 1. The van der Waals surface area contributed by atoms with E-state index >= 15 is 0 Å². The number of benzene rings is 2. The lowest BCUT2D eigenvalue weighted by molar-refractivity contribution is -0.132. The van der Waals surface area contributed by atoms with Crippen molar-refractivity contribution in [3.63, 3.8) is 0 Å². The number of nitrogens with zero attached hydrogens (tertiary/aromatic N) is 6. The lowest BCUT2D eigenvalue weighted by Crippen LogP contribution is -2.43. The van der Waals surface area contributed by atoms with Gasteiger partial charge in [0.1, 0.15) is 5.76 Å². The summed E-state index contributed by atoms with van der Waals surface area (Å²) in [4.78, 5) is 47.1. The summed E-state index contributed by atoms with van der Waals surface area (Å²) in [5.74, 6) is 2.29. The summed E-state index contributed by atoms with van der Waals surface area (Å²) in [6.45, 7) is 10.1. The molecule has 0 aliphatic carbocycles. The van der Waals surface area contributed by atoms with Gasteiger partial charge in [-0.1, -0.05) is 24.3 Å². The Hall–Kier alpha value is -5.09. The zero-order valence-electron chi connectivity index (χ0n) is 28.9. The monoisotopic (exact) mass is 670 g/mol. The van der Waals surface area contributed by atoms with Crippen molar-refractivity contribution in [3.8, 4) is 17.3 Å². The van der Waals surface area contributed by atoms with Gasteiger partial charge in [0.05, 0.1) is 36.5 Å². The number of pyridine rings is 1. The van der Waals surface area contributed by atoms with Crippen molar-refractivity contribution in [2.24, 2.45) is 10.4 Å². The minimum absolute atomic E-state index is 0.0575. The van der Waals surface area contributed by atoms with Crippen molar-refractivity contribution < 1.29 is 18.7 Å². The third kappa shape index (κ3) is 6.13. The minimum Gasteiger partial charge on any atom is -0.475 e. The average Bonchev–Trinajstić information content (AvgIpc) is 3.92. The summed E-state index contributed by atoms with van der Waals surface area (Å²) in [5, 5.41) is 0. The molecule has 4 aliphatic rings. The zero-order chi connectivity index (χ0) is 34.4. The highest BCUT2D eigenvalue weighted by Gasteiger charge is 2.51. The number of amides is 2. The van der Waals surface area contributed by atoms with Crippen molar-refractivity contribution in [1.29, 1.82) is 0 Å². The Morgan fingerprint density at radius 1 is 0.960 bits per heavy atom. The van der Waals surface area contributed by atoms with Crippen LogP contribution in [0.2, 0.25) is 0 Å². The van der Waals surface area contributed by atoms with Crippen molar-refractivity contribution in [2.45, 2.75) is 52.7 Å². The van der Waals surface area contributed by atoms with E-state index in [0.29, 0.717) is 51.0 Å². The van der Waals surface area contributed by atoms with Gasteiger partial charge in [0.25, 0.3) is 0 Å². The van der Waals surface area contributed by atoms with Gasteiger partial charge in [-0.25, -0.2) is 9.97 Å². The summed E-state index contributed by atoms with van der Waals surface area (Å²) in [5.41, 5.74) is 7.84. The largest absolute Gasteiger partial charge is 0.475 e. The van der Waals surface area contributed by atoms with Crippen LogP contribution in [0.5, 0.6) is 5.88 Å². The molecule has 8 rings (SSSR count). The fraction of sp³-hybridized carbons (Fsp3) is 0.375. The summed E-state index contributed by atoms with van der Waals surface area (Å²) in [6.07, 6.45) is 8.13. The molecule has 50 heavy (non-hydrogen) atoms. The molecule has 6 heterocycles. The van der Waals surface area contributed by atoms with Gasteiger partial charge in [-0.15, -0.1) is 0 Å². The lowest BCUT2D eigenvalue weighted by Gasteiger charge is -2.29. The molecule has 0 N–H and O–H groups in total. The third-order valence-electron chi connectivity index (χ3n) is 10.4. The first-order valence-electron chi connectivity index (χ1n) is 17.6. The van der Waals surface area contributed by atoms with Crippen LogP contribution in [-0.2, 0) is 16.1 Å². The predicted molar refractivity (Wildman–Crippen MR) is 192 cm³/mol. The number of carbonyl (C=O) groups excluding carboxylic acids is 2. The van der Waals surface area contributed by atoms with Gasteiger partial charge in [0.2, 0.25) is 23.6 Å². The van der Waals surface area contributed by atoms with Crippen LogP contribution in [0.3, 0.4) is 0 Å². The second-order valence-corrected chi connectivity index (χ2v) is 14.2. The Balaban J connectivity index is 0.876. The number of fused-ring (bicyclic) bond motifs is 1. The van der Waals surface area contributed by atoms with E-state index in [9.17, 15) is 9.59 Å². The maximum Gasteiger partial charge on any atom is 0.237 e. The number of hydrogen-bond donors (Lipinski definition) is 0. The van der Waals surface area contributed by atoms with Crippen LogP contribution in [0.1, 0.15) is 61.1 Å². The van der Waals surface area contributed by atoms with E-state index in [2.05, 4.69) is 45.2 Å². The molecule has 10 nitrogen and oxygen atoms in total. The van der Waals surface area contributed by atoms with Gasteiger partial charge in [-0.2, -0.15) is 0 Å². The molecular formula is C40H42N6O4. The maximum atomic E-state index is 14.0. The molecule has 2 saturated heterocycles. The van der Waals surface area contributed by atoms with E-state index in [1.54, 1.807) is 6.20 Å². The van der Waals surface area contributed by atoms with Crippen LogP contribution in [0.15, 0.2) is 82.5 Å². The van der Waals surface area contributed by atoms with Crippen molar-refractivity contribution in [2.75, 3.05) is 44.2 Å². The van der Waals surface area contributed by atoms with Gasteiger partial charge >= 0.3 is 0 Å². The van der Waals surface area contributed by atoms with Gasteiger partial charge in [0, 0.05) is 60.8 Å². The van der Waals surface area contributed by atoms with Crippen molar-refractivity contribution >= 4 is 28.8 Å². The fourth-order valence-corrected chi connectivity index (χ4v) is 7.72. The number of anilines is 1. The Labute approximate surface area is 292 Å². The van der Waals surface area contributed by atoms with Crippen LogP contribution in [0.25, 0.3) is 17.0 Å². The van der Waals surface area contributed by atoms with E-state index in [4.69, 9.17) is 14.1 Å². The highest BCUT2D eigenvalue weighted by molar-refractivity contribution is 6.16. The first-order chi connectivity index (χ1) is 24.2. The number of ether oxygens (including phenoxy) is 1. The molecule has 0 bridgehead atoms. The quantitative estimate of drug-likeness (QED) is 0.229. The number of aliphatic imine (C=N–C) groups is 1. The average molecular weight is 671 g/mol. The van der Waals surface area contributed by atoms with Gasteiger partial charge in [0.15, 0.2) is 0 Å². The minimum atomic E-state index is -0.447. The summed E-state index contributed by atoms with van der Waals surface area (Å²) in [6, 6.07) is 18.4. The van der Waals surface area contributed by atoms with E-state index < -0.39 is 5.41 Å². The molecule has 256 valence electrons. The highest BCUT2D eigenvalue weighted by atomic mass is 16.5. The summed E-state index contributed by atoms with van der Waals surface area (Å²) < 4.78 is 11.4. The van der Waals surface area contributed by atoms with Gasteiger partial charge in [-0.3, -0.25) is 19.5 Å². The Morgan fingerprint density at radius 3 is 2.48 bits per heavy atom. The van der Waals surface area contributed by atoms with Crippen LogP contribution in [0.4, 0.5) is 5.69 Å². The van der Waals surface area contributed by atoms with Gasteiger partial charge in [-0.05, 0) is 93.6 Å². The molecule has 0 radical (unpaired) electrons. The van der Waals surface area contributed by atoms with Crippen LogP contribution in [-0.4, -0.2) is 82.7 Å². The molecule has 10 heteroatoms. The van der Waals surface area contributed by atoms with Gasteiger partial charge < -0.3 is 19.0 Å². The number of aromatic nitrogens is 2. The molecule has 2 amide bonds. The van der Waals surface area contributed by atoms with Crippen molar-refractivity contribution in [1.82, 2.24) is 19.8 Å². The molecule has 1 spiro atoms. The van der Waals surface area contributed by atoms with Crippen LogP contribution < -0.4 is 9.64 Å². The smallest absolute Gasteiger partial charge is 0.237 e. The second kappa shape index (κ2) is 13.0. The first kappa shape index (κ1) is 32.1. The topological polar surface area (TPSA) is 104 Å². The van der Waals surface area contributed by atoms with Crippen LogP contribution in [0, 0.1) is 12.3 Å². The Bertz CT molecular complexity index is 2000. The molecule has 2 fully saturated rings. The number of rotatable bonds is 8. The summed E-state index contributed by atoms with van der Waals surface area (Å²) in [7, 11) is 0. The normalized spacial score (nSPS) is 20.5. The van der Waals surface area contributed by atoms with E-state index in [-0.39, 0.29) is 17.9 Å². The number of oxazole rings is 1. The fourth-order valence-electron chi connectivity index (χ4n) is 7.72. The third-order valence-corrected chi connectivity index (χ3v) is 10.4. The first-order valence-corrected chi connectivity index (χ1v) is 17.6. The lowest BCUT2D eigenvalue weighted by atomic mass is 9.85. The predicted octanol–water partition coefficient (Wildman–Crippen LogP) is 5.93. The molecule has 4 aliphatic heterocycles. The van der Waals surface area contributed by atoms with Crippen LogP contribution >= 0.6 is 0 Å². The molecule has 0 saturated carbocycles. The SMILES string of the molecule is Cc1cnc(-c2ccc(C3=CCN(C(=O)CN4CC[C@]5(CCN(c6ccc7c(c6)C(c6ccc(OC(C)C)nc6)=NC7)C5=O)C4)CC3)cc2)o1. The molecule has 0 unspecified atom stereocenters. The molecule has 4 aromatic rings. The molecule has 2 aromatic heterocycles. The van der Waals surface area contributed by atoms with E-state index in [0.717, 1.165) is 70.8 Å². The van der Waals surface area contributed by atoms with Crippen molar-refractivity contribution in [3.05, 3.63) is 101 Å². The van der Waals surface area contributed by atoms with E-state index in [1.165, 1.54) is 5.57 Å². The Morgan fingerprint density at radius 2 is 1.76 bits per heavy atom. The number of carbonyl (C=O) groups is 2. The standard InChI is InChI=1S/C40H42N6O4/c1-26(2)49-35-11-9-32(23-41-35)37-34-20-33(10-8-31(34)22-42-37)46-19-15-40(39(46)48)14-18-44(25-40)24-36(47)45-16-12-29(13-17-45)28-4-6-30(7-5-28)38-43-21-27(3)50-38/h4-12,20-21,23,26H,13-19,22,24-25H2,1-3H3/t40-/m0/s1. The zero-order valence-corrected chi connectivity index (χ0v) is 28.9. The molecular weight excluding hydrogens is 628 g/mol.